The Labute approximate surface area is 244 Å². The van der Waals surface area contributed by atoms with Gasteiger partial charge in [0.2, 0.25) is 5.91 Å². The maximum atomic E-state index is 14.1. The number of anilines is 1. The second-order valence-corrected chi connectivity index (χ2v) is 12.0. The van der Waals surface area contributed by atoms with Crippen molar-refractivity contribution in [3.05, 3.63) is 100 Å². The van der Waals surface area contributed by atoms with Crippen LogP contribution in [0.2, 0.25) is 5.02 Å². The molecule has 3 aromatic carbocycles. The van der Waals surface area contributed by atoms with E-state index >= 15 is 0 Å². The number of amides is 1. The van der Waals surface area contributed by atoms with E-state index < -0.39 is 0 Å². The highest BCUT2D eigenvalue weighted by atomic mass is 35.5. The SMILES string of the molecule is CN(C)Cc1ccccc1N1CCN(C(=O)C(Cc2ccc(Cl)cc2)N(C)CC2Cc3ccccc3CN2)CC1. The third-order valence-electron chi connectivity index (χ3n) is 8.24. The Balaban J connectivity index is 1.27. The van der Waals surface area contributed by atoms with Crippen LogP contribution in [-0.4, -0.2) is 86.6 Å². The van der Waals surface area contributed by atoms with Crippen LogP contribution in [-0.2, 0) is 30.7 Å². The number of hydrogen-bond donors (Lipinski definition) is 1. The molecule has 0 aliphatic carbocycles. The first-order valence-electron chi connectivity index (χ1n) is 14.4. The largest absolute Gasteiger partial charge is 0.368 e. The van der Waals surface area contributed by atoms with Gasteiger partial charge in [0.25, 0.3) is 0 Å². The van der Waals surface area contributed by atoms with Crippen LogP contribution in [0.1, 0.15) is 22.3 Å². The van der Waals surface area contributed by atoms with Gasteiger partial charge in [0.15, 0.2) is 0 Å². The minimum atomic E-state index is -0.229. The molecule has 0 bridgehead atoms. The fraction of sp³-hybridized carbons (Fsp3) is 0.424. The zero-order chi connectivity index (χ0) is 28.1. The van der Waals surface area contributed by atoms with Crippen LogP contribution in [0.15, 0.2) is 72.8 Å². The van der Waals surface area contributed by atoms with Gasteiger partial charge in [0.1, 0.15) is 0 Å². The van der Waals surface area contributed by atoms with Crippen LogP contribution in [0, 0.1) is 0 Å². The minimum absolute atomic E-state index is 0.217. The van der Waals surface area contributed by atoms with Crippen molar-refractivity contribution in [2.45, 2.75) is 38.0 Å². The lowest BCUT2D eigenvalue weighted by Gasteiger charge is -2.40. The van der Waals surface area contributed by atoms with Crippen LogP contribution >= 0.6 is 11.6 Å². The summed E-state index contributed by atoms with van der Waals surface area (Å²) in [5.41, 5.74) is 6.52. The third kappa shape index (κ3) is 7.05. The summed E-state index contributed by atoms with van der Waals surface area (Å²) in [5, 5.41) is 4.42. The summed E-state index contributed by atoms with van der Waals surface area (Å²) in [6, 6.07) is 25.3. The summed E-state index contributed by atoms with van der Waals surface area (Å²) in [5.74, 6) is 0.217. The van der Waals surface area contributed by atoms with Crippen LogP contribution in [0.25, 0.3) is 0 Å². The van der Waals surface area contributed by atoms with E-state index in [0.717, 1.165) is 62.8 Å². The fourth-order valence-corrected chi connectivity index (χ4v) is 6.20. The minimum Gasteiger partial charge on any atom is -0.368 e. The van der Waals surface area contributed by atoms with Crippen molar-refractivity contribution >= 4 is 23.2 Å². The smallest absolute Gasteiger partial charge is 0.240 e. The zero-order valence-electron chi connectivity index (χ0n) is 24.0. The number of carbonyl (C=O) groups is 1. The number of carbonyl (C=O) groups excluding carboxylic acids is 1. The summed E-state index contributed by atoms with van der Waals surface area (Å²) in [4.78, 5) is 23.1. The second kappa shape index (κ2) is 13.2. The number of rotatable bonds is 9. The molecule has 1 amide bonds. The number of nitrogens with one attached hydrogen (secondary N) is 1. The molecular weight excluding hydrogens is 518 g/mol. The summed E-state index contributed by atoms with van der Waals surface area (Å²) in [7, 11) is 6.31. The van der Waals surface area contributed by atoms with E-state index in [4.69, 9.17) is 11.6 Å². The number of fused-ring (bicyclic) bond motifs is 1. The first-order valence-corrected chi connectivity index (χ1v) is 14.8. The van der Waals surface area contributed by atoms with Gasteiger partial charge in [-0.25, -0.2) is 0 Å². The molecular formula is C33H42ClN5O. The van der Waals surface area contributed by atoms with Crippen LogP contribution in [0.3, 0.4) is 0 Å². The summed E-state index contributed by atoms with van der Waals surface area (Å²) < 4.78 is 0. The number of hydrogen-bond acceptors (Lipinski definition) is 5. The first kappa shape index (κ1) is 28.6. The van der Waals surface area contributed by atoms with Gasteiger partial charge in [-0.1, -0.05) is 66.2 Å². The van der Waals surface area contributed by atoms with E-state index in [0.29, 0.717) is 12.5 Å². The zero-order valence-corrected chi connectivity index (χ0v) is 24.8. The molecule has 1 fully saturated rings. The predicted octanol–water partition coefficient (Wildman–Crippen LogP) is 4.31. The number of para-hydroxylation sites is 1. The van der Waals surface area contributed by atoms with Crippen molar-refractivity contribution in [2.24, 2.45) is 0 Å². The molecule has 7 heteroatoms. The van der Waals surface area contributed by atoms with E-state index in [9.17, 15) is 4.79 Å². The molecule has 0 saturated carbocycles. The van der Waals surface area contributed by atoms with Gasteiger partial charge in [-0.3, -0.25) is 9.69 Å². The van der Waals surface area contributed by atoms with E-state index in [1.54, 1.807) is 0 Å². The quantitative estimate of drug-likeness (QED) is 0.423. The van der Waals surface area contributed by atoms with Crippen LogP contribution < -0.4 is 10.2 Å². The monoisotopic (exact) mass is 559 g/mol. The highest BCUT2D eigenvalue weighted by molar-refractivity contribution is 6.30. The molecule has 2 heterocycles. The Hall–Kier alpha value is -2.90. The number of halogens is 1. The highest BCUT2D eigenvalue weighted by Gasteiger charge is 2.32. The van der Waals surface area contributed by atoms with Gasteiger partial charge in [-0.2, -0.15) is 0 Å². The topological polar surface area (TPSA) is 42.1 Å². The second-order valence-electron chi connectivity index (χ2n) is 11.5. The number of likely N-dealkylation sites (N-methyl/N-ethyl adjacent to an activating group) is 1. The Kier molecular flexibility index (Phi) is 9.43. The van der Waals surface area contributed by atoms with Gasteiger partial charge in [-0.05, 0) is 74.4 Å². The molecule has 5 rings (SSSR count). The maximum Gasteiger partial charge on any atom is 0.240 e. The molecule has 2 atom stereocenters. The van der Waals surface area contributed by atoms with E-state index in [-0.39, 0.29) is 11.9 Å². The van der Waals surface area contributed by atoms with Crippen molar-refractivity contribution in [3.8, 4) is 0 Å². The average molecular weight is 560 g/mol. The third-order valence-corrected chi connectivity index (χ3v) is 8.50. The molecule has 1 N–H and O–H groups in total. The van der Waals surface area contributed by atoms with E-state index in [1.165, 1.54) is 22.4 Å². The molecule has 212 valence electrons. The number of benzene rings is 3. The molecule has 3 aromatic rings. The Morgan fingerprint density at radius 1 is 0.925 bits per heavy atom. The molecule has 1 saturated heterocycles. The number of nitrogens with zero attached hydrogens (tertiary/aromatic N) is 4. The van der Waals surface area contributed by atoms with Crippen LogP contribution in [0.5, 0.6) is 0 Å². The van der Waals surface area contributed by atoms with Gasteiger partial charge in [0, 0.05) is 62.6 Å². The van der Waals surface area contributed by atoms with Gasteiger partial charge in [-0.15, -0.1) is 0 Å². The average Bonchev–Trinajstić information content (AvgIpc) is 2.96. The lowest BCUT2D eigenvalue weighted by molar-refractivity contribution is -0.137. The lowest BCUT2D eigenvalue weighted by Crippen LogP contribution is -2.57. The van der Waals surface area contributed by atoms with E-state index in [2.05, 4.69) is 94.6 Å². The molecule has 0 spiro atoms. The normalized spacial score (nSPS) is 18.2. The molecule has 2 aliphatic rings. The molecule has 0 radical (unpaired) electrons. The lowest BCUT2D eigenvalue weighted by atomic mass is 9.95. The van der Waals surface area contributed by atoms with Gasteiger partial charge in [0.05, 0.1) is 6.04 Å². The van der Waals surface area contributed by atoms with Crippen molar-refractivity contribution in [1.82, 2.24) is 20.0 Å². The summed E-state index contributed by atoms with van der Waals surface area (Å²) >= 11 is 6.17. The van der Waals surface area contributed by atoms with Gasteiger partial charge < -0.3 is 20.0 Å². The van der Waals surface area contributed by atoms with Gasteiger partial charge >= 0.3 is 0 Å². The van der Waals surface area contributed by atoms with Crippen molar-refractivity contribution in [3.63, 3.8) is 0 Å². The van der Waals surface area contributed by atoms with Crippen molar-refractivity contribution in [2.75, 3.05) is 58.8 Å². The molecule has 0 aromatic heterocycles. The van der Waals surface area contributed by atoms with Crippen molar-refractivity contribution < 1.29 is 4.79 Å². The van der Waals surface area contributed by atoms with E-state index in [1.807, 2.05) is 24.3 Å². The molecule has 2 unspecified atom stereocenters. The van der Waals surface area contributed by atoms with Crippen LogP contribution in [0.4, 0.5) is 5.69 Å². The maximum absolute atomic E-state index is 14.1. The Morgan fingerprint density at radius 3 is 2.33 bits per heavy atom. The number of piperazine rings is 1. The molecule has 6 nitrogen and oxygen atoms in total. The standard InChI is InChI=1S/C33H42ClN5O/c1-36(2)23-28-10-6-7-11-31(28)38-16-18-39(19-17-38)33(40)32(20-25-12-14-29(34)15-13-25)37(3)24-30-21-26-8-4-5-9-27(26)22-35-30/h4-15,30,32,35H,16-24H2,1-3H3. The highest BCUT2D eigenvalue weighted by Crippen LogP contribution is 2.24. The fourth-order valence-electron chi connectivity index (χ4n) is 6.07. The summed E-state index contributed by atoms with van der Waals surface area (Å²) in [6.45, 7) is 5.74. The molecule has 40 heavy (non-hydrogen) atoms. The Morgan fingerprint density at radius 2 is 1.60 bits per heavy atom. The first-order chi connectivity index (χ1) is 19.4. The summed E-state index contributed by atoms with van der Waals surface area (Å²) in [6.07, 6.45) is 1.65. The predicted molar refractivity (Wildman–Crippen MR) is 165 cm³/mol. The Bertz CT molecular complexity index is 1270. The van der Waals surface area contributed by atoms with Crippen molar-refractivity contribution in [1.29, 1.82) is 0 Å². The molecule has 2 aliphatic heterocycles.